The maximum Gasteiger partial charge on any atom is 0.306 e. The van der Waals surface area contributed by atoms with E-state index in [-0.39, 0.29) is 17.9 Å². The van der Waals surface area contributed by atoms with Crippen molar-refractivity contribution in [2.45, 2.75) is 51.5 Å². The zero-order valence-corrected chi connectivity index (χ0v) is 13.6. The first-order valence-corrected chi connectivity index (χ1v) is 8.36. The summed E-state index contributed by atoms with van der Waals surface area (Å²) in [5.41, 5.74) is 0.574. The topological polar surface area (TPSA) is 75.6 Å². The van der Waals surface area contributed by atoms with E-state index in [1.165, 1.54) is 0 Å². The summed E-state index contributed by atoms with van der Waals surface area (Å²) >= 11 is 0. The molecule has 1 aliphatic rings. The first-order chi connectivity index (χ1) is 11.1. The Morgan fingerprint density at radius 1 is 1.22 bits per heavy atom. The summed E-state index contributed by atoms with van der Waals surface area (Å²) in [7, 11) is 0. The molecule has 1 fully saturated rings. The summed E-state index contributed by atoms with van der Waals surface area (Å²) < 4.78 is 5.62. The van der Waals surface area contributed by atoms with Crippen molar-refractivity contribution in [2.75, 3.05) is 6.61 Å². The molecular formula is C18H25NO4. The molecule has 23 heavy (non-hydrogen) atoms. The highest BCUT2D eigenvalue weighted by Gasteiger charge is 2.30. The van der Waals surface area contributed by atoms with Crippen LogP contribution in [0.15, 0.2) is 24.3 Å². The average molecular weight is 319 g/mol. The molecule has 0 radical (unpaired) electrons. The molecule has 5 nitrogen and oxygen atoms in total. The summed E-state index contributed by atoms with van der Waals surface area (Å²) in [6, 6.07) is 7.04. The first kappa shape index (κ1) is 17.3. The van der Waals surface area contributed by atoms with E-state index in [2.05, 4.69) is 12.2 Å². The van der Waals surface area contributed by atoms with E-state index >= 15 is 0 Å². The molecule has 1 saturated carbocycles. The minimum atomic E-state index is -0.772. The predicted molar refractivity (Wildman–Crippen MR) is 87.7 cm³/mol. The monoisotopic (exact) mass is 319 g/mol. The molecule has 126 valence electrons. The molecule has 0 heterocycles. The van der Waals surface area contributed by atoms with Crippen LogP contribution in [0.3, 0.4) is 0 Å². The van der Waals surface area contributed by atoms with Gasteiger partial charge in [-0.25, -0.2) is 0 Å². The van der Waals surface area contributed by atoms with Crippen molar-refractivity contribution in [3.8, 4) is 5.75 Å². The standard InChI is InChI=1S/C18H25NO4/c1-2-3-4-11-23-16-9-6-13(7-10-16)17(20)19-15-8-5-14(12-15)18(21)22/h6-7,9-10,14-15H,2-5,8,11-12H2,1H3,(H,19,20)(H,21,22)/t14-,15+/m0/s1. The van der Waals surface area contributed by atoms with Gasteiger partial charge in [0.15, 0.2) is 0 Å². The second-order valence-electron chi connectivity index (χ2n) is 6.10. The lowest BCUT2D eigenvalue weighted by molar-refractivity contribution is -0.141. The Labute approximate surface area is 137 Å². The Morgan fingerprint density at radius 2 is 1.96 bits per heavy atom. The van der Waals surface area contributed by atoms with Crippen molar-refractivity contribution in [3.05, 3.63) is 29.8 Å². The molecule has 2 N–H and O–H groups in total. The van der Waals surface area contributed by atoms with E-state index in [0.29, 0.717) is 25.0 Å². The number of unbranched alkanes of at least 4 members (excludes halogenated alkanes) is 2. The molecule has 0 bridgehead atoms. The number of carboxylic acids is 1. The molecule has 0 aromatic heterocycles. The number of hydrogen-bond acceptors (Lipinski definition) is 3. The molecule has 0 unspecified atom stereocenters. The van der Waals surface area contributed by atoms with E-state index in [1.807, 2.05) is 0 Å². The molecule has 2 atom stereocenters. The van der Waals surface area contributed by atoms with E-state index < -0.39 is 5.97 Å². The van der Waals surface area contributed by atoms with Crippen LogP contribution in [0.5, 0.6) is 5.75 Å². The highest BCUT2D eigenvalue weighted by atomic mass is 16.5. The van der Waals surface area contributed by atoms with Gasteiger partial charge in [-0.05, 0) is 49.9 Å². The molecule has 1 amide bonds. The number of hydrogen-bond donors (Lipinski definition) is 2. The number of carboxylic acid groups (broad SMARTS) is 1. The van der Waals surface area contributed by atoms with Gasteiger partial charge in [0.25, 0.3) is 5.91 Å². The lowest BCUT2D eigenvalue weighted by atomic mass is 10.1. The van der Waals surface area contributed by atoms with Crippen LogP contribution in [0.4, 0.5) is 0 Å². The van der Waals surface area contributed by atoms with Gasteiger partial charge in [-0.2, -0.15) is 0 Å². The van der Waals surface area contributed by atoms with Crippen LogP contribution in [-0.2, 0) is 4.79 Å². The summed E-state index contributed by atoms with van der Waals surface area (Å²) in [5, 5.41) is 11.9. The molecular weight excluding hydrogens is 294 g/mol. The zero-order chi connectivity index (χ0) is 16.7. The highest BCUT2D eigenvalue weighted by molar-refractivity contribution is 5.94. The van der Waals surface area contributed by atoms with Crippen molar-refractivity contribution in [1.29, 1.82) is 0 Å². The van der Waals surface area contributed by atoms with E-state index in [4.69, 9.17) is 9.84 Å². The quantitative estimate of drug-likeness (QED) is 0.721. The predicted octanol–water partition coefficient (Wildman–Crippen LogP) is 3.24. The van der Waals surface area contributed by atoms with Crippen molar-refractivity contribution in [2.24, 2.45) is 5.92 Å². The summed E-state index contributed by atoms with van der Waals surface area (Å²) in [4.78, 5) is 23.1. The molecule has 1 aromatic carbocycles. The Hall–Kier alpha value is -2.04. The Kier molecular flexibility index (Phi) is 6.44. The summed E-state index contributed by atoms with van der Waals surface area (Å²) in [5.74, 6) is -0.492. The average Bonchev–Trinajstić information content (AvgIpc) is 3.01. The van der Waals surface area contributed by atoms with E-state index in [0.717, 1.165) is 31.4 Å². The number of rotatable bonds is 8. The first-order valence-electron chi connectivity index (χ1n) is 8.36. The van der Waals surface area contributed by atoms with Gasteiger partial charge in [-0.3, -0.25) is 9.59 Å². The van der Waals surface area contributed by atoms with Crippen LogP contribution in [0.2, 0.25) is 0 Å². The lowest BCUT2D eigenvalue weighted by Crippen LogP contribution is -2.33. The molecule has 0 spiro atoms. The number of carbonyl (C=O) groups excluding carboxylic acids is 1. The Morgan fingerprint density at radius 3 is 2.57 bits per heavy atom. The van der Waals surface area contributed by atoms with Crippen molar-refractivity contribution in [1.82, 2.24) is 5.32 Å². The lowest BCUT2D eigenvalue weighted by Gasteiger charge is -2.13. The number of aliphatic carboxylic acids is 1. The van der Waals surface area contributed by atoms with Gasteiger partial charge in [-0.1, -0.05) is 19.8 Å². The van der Waals surface area contributed by atoms with Crippen molar-refractivity contribution < 1.29 is 19.4 Å². The van der Waals surface area contributed by atoms with Crippen LogP contribution in [-0.4, -0.2) is 29.6 Å². The third-order valence-electron chi connectivity index (χ3n) is 4.25. The molecule has 0 aliphatic heterocycles. The molecule has 1 aliphatic carbocycles. The number of nitrogens with one attached hydrogen (secondary N) is 1. The fourth-order valence-corrected chi connectivity index (χ4v) is 2.85. The van der Waals surface area contributed by atoms with Crippen LogP contribution in [0.1, 0.15) is 55.8 Å². The normalized spacial score (nSPS) is 20.2. The van der Waals surface area contributed by atoms with Crippen LogP contribution >= 0.6 is 0 Å². The van der Waals surface area contributed by atoms with Gasteiger partial charge in [-0.15, -0.1) is 0 Å². The van der Waals surface area contributed by atoms with Gasteiger partial charge < -0.3 is 15.2 Å². The fourth-order valence-electron chi connectivity index (χ4n) is 2.85. The summed E-state index contributed by atoms with van der Waals surface area (Å²) in [6.07, 6.45) is 5.21. The maximum atomic E-state index is 12.2. The number of carbonyl (C=O) groups is 2. The van der Waals surface area contributed by atoms with Gasteiger partial charge in [0.2, 0.25) is 0 Å². The van der Waals surface area contributed by atoms with Gasteiger partial charge in [0, 0.05) is 11.6 Å². The Balaban J connectivity index is 1.80. The number of benzene rings is 1. The highest BCUT2D eigenvalue weighted by Crippen LogP contribution is 2.26. The van der Waals surface area contributed by atoms with Crippen LogP contribution in [0.25, 0.3) is 0 Å². The van der Waals surface area contributed by atoms with E-state index in [9.17, 15) is 9.59 Å². The van der Waals surface area contributed by atoms with Crippen molar-refractivity contribution >= 4 is 11.9 Å². The molecule has 1 aromatic rings. The minimum absolute atomic E-state index is 0.0476. The maximum absolute atomic E-state index is 12.2. The van der Waals surface area contributed by atoms with E-state index in [1.54, 1.807) is 24.3 Å². The molecule has 2 rings (SSSR count). The number of amides is 1. The second-order valence-corrected chi connectivity index (χ2v) is 6.10. The van der Waals surface area contributed by atoms with Crippen LogP contribution in [0, 0.1) is 5.92 Å². The molecule has 5 heteroatoms. The summed E-state index contributed by atoms with van der Waals surface area (Å²) in [6.45, 7) is 2.84. The van der Waals surface area contributed by atoms with Gasteiger partial charge >= 0.3 is 5.97 Å². The zero-order valence-electron chi connectivity index (χ0n) is 13.6. The molecule has 0 saturated heterocycles. The third kappa shape index (κ3) is 5.27. The number of ether oxygens (including phenoxy) is 1. The largest absolute Gasteiger partial charge is 0.494 e. The smallest absolute Gasteiger partial charge is 0.306 e. The minimum Gasteiger partial charge on any atom is -0.494 e. The second kappa shape index (κ2) is 8.56. The van der Waals surface area contributed by atoms with Crippen molar-refractivity contribution in [3.63, 3.8) is 0 Å². The van der Waals surface area contributed by atoms with Gasteiger partial charge in [0.1, 0.15) is 5.75 Å². The van der Waals surface area contributed by atoms with Crippen LogP contribution < -0.4 is 10.1 Å². The Bertz CT molecular complexity index is 526. The third-order valence-corrected chi connectivity index (χ3v) is 4.25. The SMILES string of the molecule is CCCCCOc1ccc(C(=O)N[C@@H]2CC[C@H](C(=O)O)C2)cc1. The fraction of sp³-hybridized carbons (Fsp3) is 0.556. The van der Waals surface area contributed by atoms with Gasteiger partial charge in [0.05, 0.1) is 12.5 Å².